The molecule has 0 radical (unpaired) electrons. The number of H-pyrrole nitrogens is 1. The number of likely N-dealkylation sites (tertiary alicyclic amines) is 1. The lowest BCUT2D eigenvalue weighted by Gasteiger charge is -2.31. The summed E-state index contributed by atoms with van der Waals surface area (Å²) < 4.78 is 9.37. The number of fused-ring (bicyclic) bond motifs is 1. The molecule has 0 amide bonds. The molecule has 0 unspecified atom stereocenters. The third kappa shape index (κ3) is 6.90. The van der Waals surface area contributed by atoms with Gasteiger partial charge < -0.3 is 19.4 Å². The molecular weight excluding hydrogens is 340 g/mol. The first kappa shape index (κ1) is 23.0. The van der Waals surface area contributed by atoms with Crippen molar-refractivity contribution < 1.29 is 14.3 Å². The molecule has 1 fully saturated rings. The molecule has 5 heteroatoms. The quantitative estimate of drug-likeness (QED) is 0.745. The highest BCUT2D eigenvalue weighted by Crippen LogP contribution is 2.29. The van der Waals surface area contributed by atoms with E-state index in [9.17, 15) is 0 Å². The Morgan fingerprint density at radius 1 is 1.22 bits per heavy atom. The molecule has 1 aliphatic heterocycles. The second-order valence-corrected chi connectivity index (χ2v) is 6.47. The van der Waals surface area contributed by atoms with Crippen molar-refractivity contribution in [2.75, 3.05) is 33.9 Å². The minimum absolute atomic E-state index is 0.375. The molecule has 0 bridgehead atoms. The number of carbonyl (C=O) groups excluding carboxylic acids is 1. The van der Waals surface area contributed by atoms with Crippen molar-refractivity contribution in [2.45, 2.75) is 46.5 Å². The van der Waals surface area contributed by atoms with Gasteiger partial charge >= 0.3 is 0 Å². The second-order valence-electron chi connectivity index (χ2n) is 6.47. The van der Waals surface area contributed by atoms with E-state index in [1.165, 1.54) is 55.9 Å². The molecule has 2 heterocycles. The maximum absolute atomic E-state index is 8.95. The zero-order chi connectivity index (χ0) is 20.1. The Kier molecular flexibility index (Phi) is 11.3. The fourth-order valence-electron chi connectivity index (χ4n) is 3.48. The number of hydrogen-bond acceptors (Lipinski definition) is 4. The Labute approximate surface area is 164 Å². The lowest BCUT2D eigenvalue weighted by Crippen LogP contribution is -2.34. The van der Waals surface area contributed by atoms with Gasteiger partial charge in [-0.05, 0) is 56.0 Å². The van der Waals surface area contributed by atoms with E-state index in [0.717, 1.165) is 24.6 Å². The molecule has 0 saturated carbocycles. The molecule has 3 rings (SSSR count). The molecule has 1 aliphatic rings. The van der Waals surface area contributed by atoms with E-state index in [0.29, 0.717) is 6.47 Å². The molecule has 0 aliphatic carbocycles. The van der Waals surface area contributed by atoms with Crippen molar-refractivity contribution in [3.05, 3.63) is 30.0 Å². The van der Waals surface area contributed by atoms with E-state index in [1.807, 2.05) is 26.0 Å². The van der Waals surface area contributed by atoms with E-state index in [-0.39, 0.29) is 0 Å². The number of aromatic nitrogens is 1. The summed E-state index contributed by atoms with van der Waals surface area (Å²) >= 11 is 0. The van der Waals surface area contributed by atoms with Crippen LogP contribution in [0.25, 0.3) is 10.9 Å². The summed E-state index contributed by atoms with van der Waals surface area (Å²) in [5, 5.41) is 1.25. The van der Waals surface area contributed by atoms with Crippen molar-refractivity contribution in [3.63, 3.8) is 0 Å². The van der Waals surface area contributed by atoms with Gasteiger partial charge in [-0.2, -0.15) is 0 Å². The van der Waals surface area contributed by atoms with Crippen LogP contribution in [-0.4, -0.2) is 50.2 Å². The van der Waals surface area contributed by atoms with E-state index < -0.39 is 0 Å². The highest BCUT2D eigenvalue weighted by molar-refractivity contribution is 5.89. The van der Waals surface area contributed by atoms with Crippen LogP contribution in [-0.2, 0) is 16.0 Å². The maximum atomic E-state index is 8.95. The zero-order valence-electron chi connectivity index (χ0n) is 17.6. The summed E-state index contributed by atoms with van der Waals surface area (Å²) in [6, 6.07) is 6.21. The van der Waals surface area contributed by atoms with Crippen molar-refractivity contribution in [2.24, 2.45) is 5.92 Å². The Hall–Kier alpha value is -2.01. The number of nitrogens with one attached hydrogen (secondary N) is 1. The van der Waals surface area contributed by atoms with Crippen LogP contribution in [0.15, 0.2) is 24.4 Å². The van der Waals surface area contributed by atoms with Crippen molar-refractivity contribution in [1.82, 2.24) is 9.88 Å². The molecule has 0 atom stereocenters. The number of hydrogen-bond donors (Lipinski definition) is 1. The van der Waals surface area contributed by atoms with Gasteiger partial charge in [-0.3, -0.25) is 4.79 Å². The fraction of sp³-hybridized carbons (Fsp3) is 0.591. The summed E-state index contributed by atoms with van der Waals surface area (Å²) in [7, 11) is 3.06. The van der Waals surface area contributed by atoms with E-state index in [1.54, 1.807) is 7.11 Å². The molecule has 1 N–H and O–H groups in total. The molecule has 1 saturated heterocycles. The van der Waals surface area contributed by atoms with Gasteiger partial charge in [0.25, 0.3) is 6.47 Å². The average Bonchev–Trinajstić information content (AvgIpc) is 3.17. The third-order valence-corrected chi connectivity index (χ3v) is 5.05. The van der Waals surface area contributed by atoms with Crippen LogP contribution in [0.1, 0.15) is 45.6 Å². The number of aromatic amines is 1. The number of carbonyl (C=O) groups is 1. The predicted molar refractivity (Wildman–Crippen MR) is 112 cm³/mol. The SMILES string of the molecule is CC.CCC1CCN(CCc2c[nH]c3cccc(OC)c23)CC1.COC=O. The monoisotopic (exact) mass is 376 g/mol. The topological polar surface area (TPSA) is 54.6 Å². The standard InChI is InChI=1S/C18H26N2O.C2H4O2.C2H6/c1-3-14-7-10-20(11-8-14)12-9-15-13-19-16-5-4-6-17(21-2)18(15)16;1-4-2-3;1-2/h4-6,13-14,19H,3,7-12H2,1-2H3;2H,1H3;1-2H3. The van der Waals surface area contributed by atoms with Gasteiger partial charge in [0.15, 0.2) is 0 Å². The van der Waals surface area contributed by atoms with E-state index in [4.69, 9.17) is 9.53 Å². The van der Waals surface area contributed by atoms with Gasteiger partial charge in [-0.25, -0.2) is 0 Å². The first-order valence-electron chi connectivity index (χ1n) is 10.0. The van der Waals surface area contributed by atoms with Gasteiger partial charge in [0.2, 0.25) is 0 Å². The molecule has 27 heavy (non-hydrogen) atoms. The lowest BCUT2D eigenvalue weighted by molar-refractivity contribution is -0.126. The molecule has 1 aromatic heterocycles. The smallest absolute Gasteiger partial charge is 0.292 e. The molecule has 2 aromatic rings. The first-order chi connectivity index (χ1) is 13.2. The lowest BCUT2D eigenvalue weighted by atomic mass is 9.94. The number of methoxy groups -OCH3 is 2. The van der Waals surface area contributed by atoms with Crippen LogP contribution >= 0.6 is 0 Å². The van der Waals surface area contributed by atoms with Crippen molar-refractivity contribution >= 4 is 17.4 Å². The average molecular weight is 377 g/mol. The number of benzene rings is 1. The minimum atomic E-state index is 0.375. The normalized spacial score (nSPS) is 14.6. The summed E-state index contributed by atoms with van der Waals surface area (Å²) in [5.41, 5.74) is 2.55. The predicted octanol–water partition coefficient (Wildman–Crippen LogP) is 4.66. The third-order valence-electron chi connectivity index (χ3n) is 5.05. The van der Waals surface area contributed by atoms with Crippen LogP contribution in [0.5, 0.6) is 5.75 Å². The Bertz CT molecular complexity index is 646. The van der Waals surface area contributed by atoms with Crippen LogP contribution in [0.2, 0.25) is 0 Å². The minimum Gasteiger partial charge on any atom is -0.496 e. The summed E-state index contributed by atoms with van der Waals surface area (Å²) in [4.78, 5) is 14.9. The van der Waals surface area contributed by atoms with Gasteiger partial charge in [-0.15, -0.1) is 0 Å². The highest BCUT2D eigenvalue weighted by Gasteiger charge is 2.18. The molecule has 0 spiro atoms. The summed E-state index contributed by atoms with van der Waals surface area (Å²) in [6.07, 6.45) is 7.32. The van der Waals surface area contributed by atoms with Crippen LogP contribution in [0, 0.1) is 5.92 Å². The first-order valence-corrected chi connectivity index (χ1v) is 10.0. The van der Waals surface area contributed by atoms with E-state index in [2.05, 4.69) is 33.8 Å². The Balaban J connectivity index is 0.000000541. The molecule has 5 nitrogen and oxygen atoms in total. The fourth-order valence-corrected chi connectivity index (χ4v) is 3.48. The van der Waals surface area contributed by atoms with Gasteiger partial charge in [-0.1, -0.05) is 33.3 Å². The van der Waals surface area contributed by atoms with Crippen molar-refractivity contribution in [1.29, 1.82) is 0 Å². The number of nitrogens with zero attached hydrogens (tertiary/aromatic N) is 1. The summed E-state index contributed by atoms with van der Waals surface area (Å²) in [5.74, 6) is 1.93. The van der Waals surface area contributed by atoms with Gasteiger partial charge in [0.1, 0.15) is 5.75 Å². The van der Waals surface area contributed by atoms with Crippen molar-refractivity contribution in [3.8, 4) is 5.75 Å². The maximum Gasteiger partial charge on any atom is 0.292 e. The zero-order valence-corrected chi connectivity index (χ0v) is 17.6. The van der Waals surface area contributed by atoms with Gasteiger partial charge in [0, 0.05) is 23.6 Å². The van der Waals surface area contributed by atoms with Crippen LogP contribution in [0.4, 0.5) is 0 Å². The largest absolute Gasteiger partial charge is 0.496 e. The van der Waals surface area contributed by atoms with Crippen LogP contribution < -0.4 is 4.74 Å². The number of ether oxygens (including phenoxy) is 2. The Morgan fingerprint density at radius 2 is 1.89 bits per heavy atom. The Morgan fingerprint density at radius 3 is 2.44 bits per heavy atom. The molecule has 152 valence electrons. The van der Waals surface area contributed by atoms with E-state index >= 15 is 0 Å². The number of rotatable bonds is 6. The van der Waals surface area contributed by atoms with Gasteiger partial charge in [0.05, 0.1) is 14.2 Å². The second kappa shape index (κ2) is 13.2. The highest BCUT2D eigenvalue weighted by atomic mass is 16.5. The summed E-state index contributed by atoms with van der Waals surface area (Å²) in [6.45, 7) is 10.4. The molecular formula is C22H36N2O3. The molecule has 1 aromatic carbocycles. The van der Waals surface area contributed by atoms with Crippen LogP contribution in [0.3, 0.4) is 0 Å². The number of piperidine rings is 1.